The number of carbonyl (C=O) groups is 2. The van der Waals surface area contributed by atoms with Gasteiger partial charge in [0, 0.05) is 5.02 Å². The van der Waals surface area contributed by atoms with Crippen LogP contribution in [-0.2, 0) is 9.59 Å². The molecule has 0 aromatic heterocycles. The van der Waals surface area contributed by atoms with Crippen molar-refractivity contribution in [2.75, 3.05) is 0 Å². The van der Waals surface area contributed by atoms with E-state index in [1.54, 1.807) is 18.3 Å². The summed E-state index contributed by atoms with van der Waals surface area (Å²) >= 11 is 5.85. The molecule has 1 saturated heterocycles. The fourth-order valence-electron chi connectivity index (χ4n) is 4.73. The molecule has 5 heteroatoms. The van der Waals surface area contributed by atoms with E-state index in [2.05, 4.69) is 17.3 Å². The normalized spacial score (nSPS) is 40.0. The van der Waals surface area contributed by atoms with E-state index < -0.39 is 0 Å². The summed E-state index contributed by atoms with van der Waals surface area (Å²) < 4.78 is 0. The lowest BCUT2D eigenvalue weighted by Crippen LogP contribution is -2.40. The fourth-order valence-corrected chi connectivity index (χ4v) is 4.85. The van der Waals surface area contributed by atoms with Crippen molar-refractivity contribution in [1.29, 1.82) is 0 Å². The van der Waals surface area contributed by atoms with Crippen LogP contribution >= 0.6 is 11.6 Å². The molecule has 6 atom stereocenters. The van der Waals surface area contributed by atoms with E-state index in [-0.39, 0.29) is 35.5 Å². The summed E-state index contributed by atoms with van der Waals surface area (Å²) in [5.74, 6) is 1.06. The molecule has 0 radical (unpaired) electrons. The molecule has 116 valence electrons. The molecule has 2 saturated carbocycles. The van der Waals surface area contributed by atoms with Crippen LogP contribution in [0.3, 0.4) is 0 Å². The Bertz CT molecular complexity index is 734. The van der Waals surface area contributed by atoms with Crippen molar-refractivity contribution in [3.05, 3.63) is 47.0 Å². The van der Waals surface area contributed by atoms with Gasteiger partial charge in [-0.05, 0) is 47.8 Å². The molecule has 5 aliphatic rings. The summed E-state index contributed by atoms with van der Waals surface area (Å²) in [5, 5.41) is 5.93. The minimum Gasteiger partial charge on any atom is -0.272 e. The van der Waals surface area contributed by atoms with Crippen LogP contribution in [0.25, 0.3) is 0 Å². The first-order valence-electron chi connectivity index (χ1n) is 8.01. The van der Waals surface area contributed by atoms with Crippen molar-refractivity contribution in [2.45, 2.75) is 6.42 Å². The van der Waals surface area contributed by atoms with E-state index in [9.17, 15) is 9.59 Å². The predicted octanol–water partition coefficient (Wildman–Crippen LogP) is 2.73. The number of allylic oxidation sites excluding steroid dienone is 2. The zero-order valence-corrected chi connectivity index (χ0v) is 13.1. The van der Waals surface area contributed by atoms with Crippen molar-refractivity contribution < 1.29 is 9.59 Å². The average Bonchev–Trinajstić information content (AvgIpc) is 3.33. The highest BCUT2D eigenvalue weighted by atomic mass is 35.5. The van der Waals surface area contributed by atoms with E-state index in [1.807, 2.05) is 12.1 Å². The Balaban J connectivity index is 1.44. The number of hydrazone groups is 1. The highest BCUT2D eigenvalue weighted by Crippen LogP contribution is 2.65. The summed E-state index contributed by atoms with van der Waals surface area (Å²) in [6.07, 6.45) is 7.05. The predicted molar refractivity (Wildman–Crippen MR) is 85.6 cm³/mol. The molecule has 0 unspecified atom stereocenters. The van der Waals surface area contributed by atoms with Gasteiger partial charge in [-0.2, -0.15) is 10.1 Å². The molecule has 6 rings (SSSR count). The largest absolute Gasteiger partial charge is 0.272 e. The zero-order chi connectivity index (χ0) is 15.7. The minimum atomic E-state index is -0.191. The number of hydrogen-bond acceptors (Lipinski definition) is 3. The molecule has 1 aliphatic heterocycles. The number of benzene rings is 1. The molecule has 4 nitrogen and oxygen atoms in total. The van der Waals surface area contributed by atoms with Crippen LogP contribution in [0.5, 0.6) is 0 Å². The van der Waals surface area contributed by atoms with E-state index in [4.69, 9.17) is 11.6 Å². The van der Waals surface area contributed by atoms with Crippen LogP contribution in [0.4, 0.5) is 0 Å². The van der Waals surface area contributed by atoms with Gasteiger partial charge >= 0.3 is 0 Å². The van der Waals surface area contributed by atoms with Crippen LogP contribution in [0.1, 0.15) is 12.0 Å². The van der Waals surface area contributed by atoms with Crippen molar-refractivity contribution in [1.82, 2.24) is 5.01 Å². The molecule has 1 heterocycles. The second kappa shape index (κ2) is 4.54. The van der Waals surface area contributed by atoms with Gasteiger partial charge < -0.3 is 0 Å². The first-order chi connectivity index (χ1) is 11.1. The van der Waals surface area contributed by atoms with Crippen LogP contribution < -0.4 is 0 Å². The van der Waals surface area contributed by atoms with Gasteiger partial charge in [0.1, 0.15) is 0 Å². The Morgan fingerprint density at radius 2 is 1.57 bits per heavy atom. The zero-order valence-electron chi connectivity index (χ0n) is 12.3. The van der Waals surface area contributed by atoms with Gasteiger partial charge in [0.05, 0.1) is 18.1 Å². The van der Waals surface area contributed by atoms with Gasteiger partial charge in [-0.25, -0.2) is 0 Å². The molecule has 1 aromatic rings. The van der Waals surface area contributed by atoms with Crippen LogP contribution in [0.2, 0.25) is 5.02 Å². The lowest BCUT2D eigenvalue weighted by Gasteiger charge is -2.37. The highest BCUT2D eigenvalue weighted by Gasteiger charge is 2.67. The fraction of sp³-hybridized carbons (Fsp3) is 0.389. The summed E-state index contributed by atoms with van der Waals surface area (Å²) in [6, 6.07) is 7.14. The van der Waals surface area contributed by atoms with E-state index >= 15 is 0 Å². The monoisotopic (exact) mass is 326 g/mol. The number of nitrogens with zero attached hydrogens (tertiary/aromatic N) is 2. The third-order valence-electron chi connectivity index (χ3n) is 5.83. The third-order valence-corrected chi connectivity index (χ3v) is 6.08. The van der Waals surface area contributed by atoms with Crippen molar-refractivity contribution >= 4 is 29.6 Å². The van der Waals surface area contributed by atoms with Gasteiger partial charge in [0.25, 0.3) is 11.8 Å². The number of carbonyl (C=O) groups excluding carboxylic acids is 2. The minimum absolute atomic E-state index is 0.130. The topological polar surface area (TPSA) is 49.7 Å². The standard InChI is InChI=1S/C18H15ClN2O2/c19-10-3-1-9(2-4-10)8-20-21-17(22)15-11-5-6-12(14-7-13(11)14)16(15)18(21)23/h1-6,8,11-16H,7H2/b20-8+/t11-,12-,13-,14-,15+,16+/m1/s1. The maximum atomic E-state index is 12.7. The van der Waals surface area contributed by atoms with Crippen LogP contribution in [0, 0.1) is 35.5 Å². The number of amides is 2. The Kier molecular flexibility index (Phi) is 2.66. The van der Waals surface area contributed by atoms with Gasteiger partial charge in [-0.15, -0.1) is 0 Å². The Morgan fingerprint density at radius 3 is 2.13 bits per heavy atom. The number of rotatable bonds is 2. The highest BCUT2D eigenvalue weighted by molar-refractivity contribution is 6.30. The number of hydrogen-bond donors (Lipinski definition) is 0. The average molecular weight is 327 g/mol. The Hall–Kier alpha value is -1.94. The SMILES string of the molecule is O=C1[C@H]2[C@@H]3C=C[C@H]([C@H]4C[C@H]34)[C@@H]2C(=O)N1/N=C/c1ccc(Cl)cc1. The van der Waals surface area contributed by atoms with Crippen molar-refractivity contribution in [3.63, 3.8) is 0 Å². The molecule has 3 fully saturated rings. The van der Waals surface area contributed by atoms with Gasteiger partial charge in [-0.1, -0.05) is 35.9 Å². The summed E-state index contributed by atoms with van der Waals surface area (Å²) in [6.45, 7) is 0. The molecular weight excluding hydrogens is 312 g/mol. The van der Waals surface area contributed by atoms with E-state index in [0.717, 1.165) is 10.6 Å². The second-order valence-electron chi connectivity index (χ2n) is 6.94. The van der Waals surface area contributed by atoms with Gasteiger partial charge in [-0.3, -0.25) is 9.59 Å². The second-order valence-corrected chi connectivity index (χ2v) is 7.38. The first kappa shape index (κ1) is 13.5. The third kappa shape index (κ3) is 1.81. The summed E-state index contributed by atoms with van der Waals surface area (Å²) in [4.78, 5) is 25.4. The van der Waals surface area contributed by atoms with Crippen LogP contribution in [-0.4, -0.2) is 23.0 Å². The van der Waals surface area contributed by atoms with Crippen molar-refractivity contribution in [2.24, 2.45) is 40.6 Å². The van der Waals surface area contributed by atoms with Crippen molar-refractivity contribution in [3.8, 4) is 0 Å². The van der Waals surface area contributed by atoms with E-state index in [0.29, 0.717) is 16.9 Å². The Labute approximate surface area is 138 Å². The molecule has 2 bridgehead atoms. The molecule has 23 heavy (non-hydrogen) atoms. The lowest BCUT2D eigenvalue weighted by molar-refractivity contribution is -0.140. The maximum Gasteiger partial charge on any atom is 0.254 e. The van der Waals surface area contributed by atoms with Gasteiger partial charge in [0.15, 0.2) is 0 Å². The molecule has 2 amide bonds. The maximum absolute atomic E-state index is 12.7. The number of halogens is 1. The molecule has 1 aromatic carbocycles. The summed E-state index contributed by atoms with van der Waals surface area (Å²) in [5.41, 5.74) is 0.814. The Morgan fingerprint density at radius 1 is 1.00 bits per heavy atom. The number of imide groups is 1. The molecular formula is C18H15ClN2O2. The quantitative estimate of drug-likeness (QED) is 0.476. The molecule has 0 spiro atoms. The first-order valence-corrected chi connectivity index (χ1v) is 8.38. The molecule has 0 N–H and O–H groups in total. The lowest BCUT2D eigenvalue weighted by atomic mass is 9.63. The smallest absolute Gasteiger partial charge is 0.254 e. The molecule has 4 aliphatic carbocycles. The van der Waals surface area contributed by atoms with Crippen LogP contribution in [0.15, 0.2) is 41.5 Å². The van der Waals surface area contributed by atoms with E-state index in [1.165, 1.54) is 6.42 Å². The van der Waals surface area contributed by atoms with Gasteiger partial charge in [0.2, 0.25) is 0 Å². The summed E-state index contributed by atoms with van der Waals surface area (Å²) in [7, 11) is 0.